The van der Waals surface area contributed by atoms with Crippen LogP contribution in [0.25, 0.3) is 11.3 Å². The first-order valence-corrected chi connectivity index (χ1v) is 10.4. The zero-order chi connectivity index (χ0) is 21.3. The molecule has 30 heavy (non-hydrogen) atoms. The topological polar surface area (TPSA) is 64.7 Å². The Morgan fingerprint density at radius 1 is 1.07 bits per heavy atom. The molecular formula is C24H28N4O2. The zero-order valence-corrected chi connectivity index (χ0v) is 17.7. The molecule has 2 heterocycles. The lowest BCUT2D eigenvalue weighted by Crippen LogP contribution is -2.40. The Bertz CT molecular complexity index is 990. The summed E-state index contributed by atoms with van der Waals surface area (Å²) in [5, 5.41) is 6.64. The largest absolute Gasteiger partial charge is 0.381 e. The van der Waals surface area contributed by atoms with Gasteiger partial charge in [0.25, 0.3) is 11.8 Å². The average Bonchev–Trinajstić information content (AvgIpc) is 3.08. The number of benzene rings is 2. The molecule has 156 valence electrons. The molecule has 2 aromatic rings. The fourth-order valence-corrected chi connectivity index (χ4v) is 4.07. The first-order valence-electron chi connectivity index (χ1n) is 10.4. The number of amides is 2. The third-order valence-electron chi connectivity index (χ3n) is 5.80. The van der Waals surface area contributed by atoms with Crippen molar-refractivity contribution in [2.45, 2.75) is 18.9 Å². The fourth-order valence-electron chi connectivity index (χ4n) is 4.07. The van der Waals surface area contributed by atoms with E-state index in [-0.39, 0.29) is 11.8 Å². The van der Waals surface area contributed by atoms with Gasteiger partial charge in [0.1, 0.15) is 0 Å². The number of carbonyl (C=O) groups is 2. The standard InChI is InChI=1S/C24H28N4O2/c1-27(2)24(30)17-9-10-20-19(15-17)21(23(29)26-20)22(16-7-5-4-6-8-16)25-18-11-13-28(3)14-12-18/h4-10,15,18,25H,11-14H2,1-3H3,(H,26,29)/b22-21-. The van der Waals surface area contributed by atoms with Crippen molar-refractivity contribution >= 4 is 28.8 Å². The van der Waals surface area contributed by atoms with Crippen LogP contribution in [0.1, 0.15) is 34.3 Å². The lowest BCUT2D eigenvalue weighted by molar-refractivity contribution is -0.110. The summed E-state index contributed by atoms with van der Waals surface area (Å²) < 4.78 is 0. The number of hydrogen-bond acceptors (Lipinski definition) is 4. The van der Waals surface area contributed by atoms with Crippen molar-refractivity contribution in [2.24, 2.45) is 0 Å². The third kappa shape index (κ3) is 3.96. The third-order valence-corrected chi connectivity index (χ3v) is 5.80. The van der Waals surface area contributed by atoms with Crippen LogP contribution >= 0.6 is 0 Å². The van der Waals surface area contributed by atoms with Gasteiger partial charge in [0.2, 0.25) is 0 Å². The van der Waals surface area contributed by atoms with Crippen LogP contribution in [0.2, 0.25) is 0 Å². The molecule has 1 saturated heterocycles. The molecule has 0 atom stereocenters. The second-order valence-corrected chi connectivity index (χ2v) is 8.25. The van der Waals surface area contributed by atoms with E-state index in [4.69, 9.17) is 0 Å². The molecule has 6 nitrogen and oxygen atoms in total. The van der Waals surface area contributed by atoms with Crippen molar-refractivity contribution in [1.82, 2.24) is 15.1 Å². The second kappa shape index (κ2) is 8.32. The predicted molar refractivity (Wildman–Crippen MR) is 120 cm³/mol. The lowest BCUT2D eigenvalue weighted by Gasteiger charge is -2.31. The summed E-state index contributed by atoms with van der Waals surface area (Å²) in [4.78, 5) is 29.4. The van der Waals surface area contributed by atoms with Gasteiger partial charge in [-0.2, -0.15) is 0 Å². The minimum absolute atomic E-state index is 0.0824. The summed E-state index contributed by atoms with van der Waals surface area (Å²) in [6, 6.07) is 15.7. The van der Waals surface area contributed by atoms with E-state index in [1.807, 2.05) is 42.5 Å². The van der Waals surface area contributed by atoms with Crippen LogP contribution in [0, 0.1) is 0 Å². The summed E-state index contributed by atoms with van der Waals surface area (Å²) in [5.74, 6) is -0.222. The monoisotopic (exact) mass is 404 g/mol. The average molecular weight is 405 g/mol. The molecule has 0 unspecified atom stereocenters. The van der Waals surface area contributed by atoms with Gasteiger partial charge in [0.05, 0.1) is 11.3 Å². The second-order valence-electron chi connectivity index (χ2n) is 8.25. The molecule has 1 fully saturated rings. The van der Waals surface area contributed by atoms with Gasteiger partial charge >= 0.3 is 0 Å². The van der Waals surface area contributed by atoms with Crippen molar-refractivity contribution in [3.63, 3.8) is 0 Å². The van der Waals surface area contributed by atoms with Gasteiger partial charge in [-0.1, -0.05) is 30.3 Å². The van der Waals surface area contributed by atoms with Crippen LogP contribution in [0.3, 0.4) is 0 Å². The van der Waals surface area contributed by atoms with Crippen LogP contribution < -0.4 is 10.6 Å². The SMILES string of the molecule is CN1CCC(N/C(=C2\C(=O)Nc3ccc(C(=O)N(C)C)cc32)c2ccccc2)CC1. The quantitative estimate of drug-likeness (QED) is 0.769. The van der Waals surface area contributed by atoms with Crippen LogP contribution in [0.5, 0.6) is 0 Å². The summed E-state index contributed by atoms with van der Waals surface area (Å²) >= 11 is 0. The molecule has 0 saturated carbocycles. The lowest BCUT2D eigenvalue weighted by atomic mass is 9.96. The van der Waals surface area contributed by atoms with Gasteiger partial charge in [-0.25, -0.2) is 0 Å². The molecule has 4 rings (SSSR count). The first kappa shape index (κ1) is 20.2. The summed E-state index contributed by atoms with van der Waals surface area (Å²) in [5.41, 5.74) is 4.48. The molecule has 2 aliphatic rings. The highest BCUT2D eigenvalue weighted by Crippen LogP contribution is 2.37. The van der Waals surface area contributed by atoms with E-state index in [1.165, 1.54) is 0 Å². The first-order chi connectivity index (χ1) is 14.4. The number of nitrogens with one attached hydrogen (secondary N) is 2. The van der Waals surface area contributed by atoms with Crippen molar-refractivity contribution in [3.05, 3.63) is 65.2 Å². The molecule has 0 spiro atoms. The molecule has 2 aliphatic heterocycles. The Hall–Kier alpha value is -3.12. The Labute approximate surface area is 177 Å². The van der Waals surface area contributed by atoms with Crippen LogP contribution in [0.15, 0.2) is 48.5 Å². The fraction of sp³-hybridized carbons (Fsp3) is 0.333. The van der Waals surface area contributed by atoms with E-state index in [2.05, 4.69) is 22.6 Å². The maximum absolute atomic E-state index is 13.0. The van der Waals surface area contributed by atoms with E-state index >= 15 is 0 Å². The number of likely N-dealkylation sites (tertiary alicyclic amines) is 1. The number of rotatable bonds is 4. The number of hydrogen-bond donors (Lipinski definition) is 2. The van der Waals surface area contributed by atoms with Crippen molar-refractivity contribution in [1.29, 1.82) is 0 Å². The Morgan fingerprint density at radius 2 is 1.77 bits per heavy atom. The van der Waals surface area contributed by atoms with E-state index in [0.29, 0.717) is 17.2 Å². The van der Waals surface area contributed by atoms with Crippen LogP contribution in [-0.2, 0) is 4.79 Å². The Balaban J connectivity index is 1.80. The number of nitrogens with zero attached hydrogens (tertiary/aromatic N) is 2. The molecule has 0 aromatic heterocycles. The smallest absolute Gasteiger partial charge is 0.258 e. The summed E-state index contributed by atoms with van der Waals surface area (Å²) in [6.45, 7) is 2.05. The summed E-state index contributed by atoms with van der Waals surface area (Å²) in [7, 11) is 5.59. The Kier molecular flexibility index (Phi) is 5.59. The van der Waals surface area contributed by atoms with Crippen molar-refractivity contribution in [2.75, 3.05) is 39.5 Å². The number of anilines is 1. The molecule has 2 N–H and O–H groups in total. The normalized spacial score (nSPS) is 18.6. The zero-order valence-electron chi connectivity index (χ0n) is 17.7. The molecule has 0 aliphatic carbocycles. The highest BCUT2D eigenvalue weighted by Gasteiger charge is 2.30. The van der Waals surface area contributed by atoms with E-state index in [0.717, 1.165) is 48.4 Å². The Morgan fingerprint density at radius 3 is 2.43 bits per heavy atom. The minimum atomic E-state index is -0.140. The molecule has 0 bridgehead atoms. The van der Waals surface area contributed by atoms with Gasteiger partial charge in [-0.05, 0) is 56.7 Å². The van der Waals surface area contributed by atoms with Crippen LogP contribution in [-0.4, -0.2) is 61.9 Å². The van der Waals surface area contributed by atoms with Crippen LogP contribution in [0.4, 0.5) is 5.69 Å². The molecule has 6 heteroatoms. The summed E-state index contributed by atoms with van der Waals surface area (Å²) in [6.07, 6.45) is 2.04. The highest BCUT2D eigenvalue weighted by molar-refractivity contribution is 6.36. The van der Waals surface area contributed by atoms with Gasteiger partial charge in [0.15, 0.2) is 0 Å². The number of fused-ring (bicyclic) bond motifs is 1. The molecule has 2 amide bonds. The van der Waals surface area contributed by atoms with Gasteiger partial charge in [0, 0.05) is 37.0 Å². The van der Waals surface area contributed by atoms with Crippen molar-refractivity contribution in [3.8, 4) is 0 Å². The van der Waals surface area contributed by atoms with E-state index < -0.39 is 0 Å². The van der Waals surface area contributed by atoms with E-state index in [1.54, 1.807) is 25.1 Å². The van der Waals surface area contributed by atoms with Gasteiger partial charge < -0.3 is 20.4 Å². The number of carbonyl (C=O) groups excluding carboxylic acids is 2. The highest BCUT2D eigenvalue weighted by atomic mass is 16.2. The molecule has 0 radical (unpaired) electrons. The molecular weight excluding hydrogens is 376 g/mol. The maximum Gasteiger partial charge on any atom is 0.258 e. The predicted octanol–water partition coefficient (Wildman–Crippen LogP) is 2.89. The molecule has 2 aromatic carbocycles. The van der Waals surface area contributed by atoms with Gasteiger partial charge in [-0.15, -0.1) is 0 Å². The minimum Gasteiger partial charge on any atom is -0.381 e. The maximum atomic E-state index is 13.0. The van der Waals surface area contributed by atoms with E-state index in [9.17, 15) is 9.59 Å². The van der Waals surface area contributed by atoms with Gasteiger partial charge in [-0.3, -0.25) is 9.59 Å². The number of piperidine rings is 1. The van der Waals surface area contributed by atoms with Crippen molar-refractivity contribution < 1.29 is 9.59 Å².